The molecule has 0 saturated carbocycles. The van der Waals surface area contributed by atoms with Gasteiger partial charge in [-0.3, -0.25) is 37.9 Å². The quantitative estimate of drug-likeness (QED) is 0.0176. The van der Waals surface area contributed by atoms with Gasteiger partial charge in [0.05, 0.1) is 91.0 Å². The SMILES string of the molecule is [2H]C(CC1CCCN1C([2H])([2H])[2H])NS(=O)(=O)c1ccc(OCCC)c(-c2nc3c(CCC)nn(C)c3c(=O)[nH]2)c1.[2H]C([2H])(CC)c1nn(C)c2c(=O)[nH]c(-c3cc(S(=O)(=O)NCCC4CCCN4C([2H])([2H])[2H])ccc3OCCC)nc12.[2H]C([2H])(CC1CCCN1C([2H])([2H])[2H])NS(=O)(=O)c1ccc(OCCC)c(-c2nc3c(CCC)nn(C)c3c(=O)[nH]2)c1.[2H]C([2H])([2H])N1CCCC1CCNS(=O)(=O)c1ccc(OCCC)c(-c2nc3c(CCC)nn(C)c3c(=O)[nH]2)c1. The summed E-state index contributed by atoms with van der Waals surface area (Å²) in [5.41, 5.74) is 3.79. The Kier molecular flexibility index (Phi) is 30.6. The molecule has 0 spiro atoms. The zero-order chi connectivity index (χ0) is 118. The molecule has 0 amide bonds. The number of hydrogen-bond donors (Lipinski definition) is 8. The smallest absolute Gasteiger partial charge is 0.277 e. The monoisotopic (exact) mass is 2080 g/mol. The number of nitrogens with zero attached hydrogens (tertiary/aromatic N) is 16. The maximum absolute atomic E-state index is 13.4. The molecule has 4 aliphatic heterocycles. The number of likely N-dealkylation sites (tertiary alicyclic amines) is 4. The second-order valence-electron chi connectivity index (χ2n) is 35.8. The summed E-state index contributed by atoms with van der Waals surface area (Å²) >= 11 is 0. The second-order valence-corrected chi connectivity index (χ2v) is 42.7. The fourth-order valence-corrected chi connectivity index (χ4v) is 21.7. The number of rotatable bonds is 44. The standard InChI is InChI=1S/4C25H36N6O4S/c4*1-5-8-20-22-23(31(4)29-20)25(32)28-24(27-22)19-16-18(10-11-21(19)35-15-6-2)36(33,34)26-13-12-17-9-7-14-30(17)3/h4*10-11,16-17,26H,5-9,12-15H2,1-4H3,(H,27,28,32)/i3D3,13D2;3D3,13D;3D3,8D2;3D3. The minimum absolute atomic E-state index is 0.0110. The number of ether oxygens (including phenoxy) is 4. The number of fused-ring (bicyclic) bond motifs is 4. The lowest BCUT2D eigenvalue weighted by molar-refractivity contribution is 0.297. The van der Waals surface area contributed by atoms with Gasteiger partial charge in [0.1, 0.15) is 68.4 Å². The highest BCUT2D eigenvalue weighted by Gasteiger charge is 2.32. The van der Waals surface area contributed by atoms with Crippen molar-refractivity contribution in [2.24, 2.45) is 28.2 Å². The minimum atomic E-state index is -4.42. The van der Waals surface area contributed by atoms with Crippen LogP contribution >= 0.6 is 0 Å². The number of hydrogen-bond acceptors (Lipinski definition) is 28. The van der Waals surface area contributed by atoms with E-state index in [0.717, 1.165) is 38.5 Å². The van der Waals surface area contributed by atoms with Gasteiger partial charge in [-0.15, -0.1) is 0 Å². The van der Waals surface area contributed by atoms with Crippen molar-refractivity contribution in [3.8, 4) is 68.5 Å². The van der Waals surface area contributed by atoms with Crippen molar-refractivity contribution in [2.75, 3.05) is 107 Å². The van der Waals surface area contributed by atoms with Crippen molar-refractivity contribution in [3.05, 3.63) is 137 Å². The summed E-state index contributed by atoms with van der Waals surface area (Å²) < 4.78 is 280. The van der Waals surface area contributed by atoms with Gasteiger partial charge in [-0.1, -0.05) is 81.1 Å². The van der Waals surface area contributed by atoms with Crippen LogP contribution in [0.3, 0.4) is 0 Å². The molecule has 5 unspecified atom stereocenters. The lowest BCUT2D eigenvalue weighted by Crippen LogP contribution is -2.31. The highest BCUT2D eigenvalue weighted by atomic mass is 32.2. The number of benzene rings is 4. The molecule has 144 heavy (non-hydrogen) atoms. The van der Waals surface area contributed by atoms with E-state index in [9.17, 15) is 52.8 Å². The summed E-state index contributed by atoms with van der Waals surface area (Å²) in [5, 5.41) is 17.5. The van der Waals surface area contributed by atoms with Gasteiger partial charge in [0.25, 0.3) is 22.2 Å². The molecule has 5 atom stereocenters. The first-order chi connectivity index (χ1) is 75.7. The molecule has 0 radical (unpaired) electrons. The number of aromatic amines is 4. The van der Waals surface area contributed by atoms with Gasteiger partial charge in [-0.05, 0) is 255 Å². The van der Waals surface area contributed by atoms with E-state index in [2.05, 4.69) is 74.2 Å². The molecule has 4 aliphatic rings. The fraction of sp³-hybridized carbons (Fsp3) is 0.560. The summed E-state index contributed by atoms with van der Waals surface area (Å²) in [6.45, 7) is 5.80. The molecule has 12 heterocycles. The first-order valence-corrected chi connectivity index (χ1v) is 55.1. The molecule has 4 saturated heterocycles. The van der Waals surface area contributed by atoms with Crippen molar-refractivity contribution in [2.45, 2.75) is 253 Å². The van der Waals surface area contributed by atoms with Gasteiger partial charge in [0.15, 0.2) is 22.1 Å². The molecule has 784 valence electrons. The fourth-order valence-electron chi connectivity index (χ4n) is 17.7. The van der Waals surface area contributed by atoms with Crippen LogP contribution in [0.1, 0.15) is 230 Å². The Morgan fingerprint density at radius 3 is 0.910 bits per heavy atom. The molecular weight excluding hydrogens is 1920 g/mol. The van der Waals surface area contributed by atoms with E-state index in [1.165, 1.54) is 112 Å². The molecular formula is C100H144N24O16S4. The van der Waals surface area contributed by atoms with Gasteiger partial charge < -0.3 is 58.5 Å². The average molecular weight is 2080 g/mol. The Morgan fingerprint density at radius 1 is 0.354 bits per heavy atom. The maximum atomic E-state index is 13.4. The number of sulfonamides is 4. The van der Waals surface area contributed by atoms with Crippen LogP contribution in [0.2, 0.25) is 0 Å². The van der Waals surface area contributed by atoms with Gasteiger partial charge >= 0.3 is 0 Å². The van der Waals surface area contributed by atoms with Gasteiger partial charge in [0.2, 0.25) is 40.1 Å². The summed E-state index contributed by atoms with van der Waals surface area (Å²) in [7, 11) is -10.0. The summed E-state index contributed by atoms with van der Waals surface area (Å²) in [6, 6.07) is 15.4. The zero-order valence-electron chi connectivity index (χ0n) is 100. The maximum Gasteiger partial charge on any atom is 0.277 e. The Hall–Kier alpha value is -11.0. The lowest BCUT2D eigenvalue weighted by atomic mass is 10.1. The molecule has 0 aliphatic carbocycles. The molecule has 8 N–H and O–H groups in total. The van der Waals surface area contributed by atoms with Gasteiger partial charge in [0, 0.05) is 102 Å². The third-order valence-corrected chi connectivity index (χ3v) is 30.5. The van der Waals surface area contributed by atoms with Crippen LogP contribution in [-0.4, -0.2) is 263 Å². The van der Waals surface area contributed by atoms with Crippen molar-refractivity contribution in [3.63, 3.8) is 0 Å². The second kappa shape index (κ2) is 49.9. The van der Waals surface area contributed by atoms with Gasteiger partial charge in [-0.2, -0.15) is 20.4 Å². The predicted octanol–water partition coefficient (Wildman–Crippen LogP) is 11.3. The van der Waals surface area contributed by atoms with E-state index >= 15 is 0 Å². The van der Waals surface area contributed by atoms with Crippen LogP contribution < -0.4 is 60.1 Å². The average Bonchev–Trinajstić information content (AvgIpc) is 1.61. The Labute approximate surface area is 866 Å². The molecule has 0 bridgehead atoms. The largest absolute Gasteiger partial charge is 0.493 e. The third-order valence-electron chi connectivity index (χ3n) is 24.9. The van der Waals surface area contributed by atoms with Crippen molar-refractivity contribution >= 4 is 84.2 Å². The Morgan fingerprint density at radius 2 is 0.625 bits per heavy atom. The van der Waals surface area contributed by atoms with E-state index in [1.54, 1.807) is 34.1 Å². The lowest BCUT2D eigenvalue weighted by Gasteiger charge is -2.19. The number of H-pyrrole nitrogens is 4. The van der Waals surface area contributed by atoms with Crippen molar-refractivity contribution < 1.29 is 75.9 Å². The van der Waals surface area contributed by atoms with Crippen LogP contribution in [0, 0.1) is 0 Å². The molecule has 8 aromatic heterocycles. The zero-order valence-corrected chi connectivity index (χ0v) is 86.7. The first kappa shape index (κ1) is 88.3. The molecule has 44 heteroatoms. The van der Waals surface area contributed by atoms with E-state index in [0.29, 0.717) is 221 Å². The third kappa shape index (κ3) is 26.5. The normalized spacial score (nSPS) is 19.2. The van der Waals surface area contributed by atoms with E-state index in [4.69, 9.17) is 47.2 Å². The number of nitrogens with one attached hydrogen (secondary N) is 8. The van der Waals surface area contributed by atoms with E-state index in [-0.39, 0.29) is 126 Å². The molecule has 16 rings (SSSR count). The Balaban J connectivity index is 0.000000177. The number of aryl methyl sites for hydroxylation is 8. The Bertz CT molecular complexity index is 7990. The summed E-state index contributed by atoms with van der Waals surface area (Å²) in [4.78, 5) is 86.6. The van der Waals surface area contributed by atoms with E-state index < -0.39 is 116 Å². The molecule has 40 nitrogen and oxygen atoms in total. The summed E-state index contributed by atoms with van der Waals surface area (Å²) in [5.74, 6) is 1.81. The van der Waals surface area contributed by atoms with Crippen LogP contribution in [0.5, 0.6) is 23.0 Å². The van der Waals surface area contributed by atoms with Crippen LogP contribution in [0.15, 0.2) is 112 Å². The van der Waals surface area contributed by atoms with Crippen LogP contribution in [-0.2, 0) is 93.9 Å². The molecule has 4 aromatic carbocycles. The van der Waals surface area contributed by atoms with E-state index in [1.807, 2.05) is 48.5 Å². The first-order valence-electron chi connectivity index (χ1n) is 57.7. The molecule has 4 fully saturated rings. The topological polar surface area (TPSA) is 489 Å². The van der Waals surface area contributed by atoms with Crippen molar-refractivity contribution in [1.29, 1.82) is 0 Å². The van der Waals surface area contributed by atoms with Crippen LogP contribution in [0.4, 0.5) is 0 Å². The predicted molar refractivity (Wildman–Crippen MR) is 559 cm³/mol. The molecule has 12 aromatic rings. The van der Waals surface area contributed by atoms with Crippen LogP contribution in [0.25, 0.3) is 89.7 Å². The minimum Gasteiger partial charge on any atom is -0.493 e. The highest BCUT2D eigenvalue weighted by molar-refractivity contribution is 7.90. The highest BCUT2D eigenvalue weighted by Crippen LogP contribution is 2.38. The summed E-state index contributed by atoms with van der Waals surface area (Å²) in [6.07, 6.45) is 11.0. The number of aromatic nitrogens is 16. The van der Waals surface area contributed by atoms with Crippen molar-refractivity contribution in [1.82, 2.24) is 117 Å². The van der Waals surface area contributed by atoms with Gasteiger partial charge in [-0.25, -0.2) is 72.5 Å².